The van der Waals surface area contributed by atoms with E-state index in [1.165, 1.54) is 18.5 Å². The van der Waals surface area contributed by atoms with E-state index in [2.05, 4.69) is 31.3 Å². The van der Waals surface area contributed by atoms with Crippen LogP contribution in [-0.4, -0.2) is 34.8 Å². The Labute approximate surface area is 171 Å². The predicted octanol–water partition coefficient (Wildman–Crippen LogP) is 3.52. The first-order chi connectivity index (χ1) is 13.4. The van der Waals surface area contributed by atoms with Crippen molar-refractivity contribution in [2.24, 2.45) is 0 Å². The summed E-state index contributed by atoms with van der Waals surface area (Å²) < 4.78 is 27.4. The van der Waals surface area contributed by atoms with Crippen LogP contribution in [0.4, 0.5) is 5.95 Å². The Balaban J connectivity index is 1.76. The van der Waals surface area contributed by atoms with E-state index in [1.54, 1.807) is 23.7 Å². The van der Waals surface area contributed by atoms with Gasteiger partial charge < -0.3 is 0 Å². The van der Waals surface area contributed by atoms with Crippen molar-refractivity contribution in [1.29, 1.82) is 0 Å². The minimum Gasteiger partial charge on any atom is -0.289 e. The van der Waals surface area contributed by atoms with Gasteiger partial charge in [0.1, 0.15) is 6.33 Å². The Kier molecular flexibility index (Phi) is 6.25. The second-order valence-electron chi connectivity index (χ2n) is 6.16. The molecule has 2 aromatic carbocycles. The van der Waals surface area contributed by atoms with Gasteiger partial charge in [-0.25, -0.2) is 18.1 Å². The van der Waals surface area contributed by atoms with Crippen LogP contribution >= 0.6 is 15.9 Å². The zero-order valence-corrected chi connectivity index (χ0v) is 17.6. The quantitative estimate of drug-likeness (QED) is 0.579. The number of sulfone groups is 1. The van der Waals surface area contributed by atoms with E-state index in [0.717, 1.165) is 10.0 Å². The van der Waals surface area contributed by atoms with E-state index in [9.17, 15) is 13.2 Å². The van der Waals surface area contributed by atoms with Gasteiger partial charge in [-0.3, -0.25) is 10.1 Å². The van der Waals surface area contributed by atoms with Crippen molar-refractivity contribution < 1.29 is 13.2 Å². The molecule has 9 heteroatoms. The van der Waals surface area contributed by atoms with Crippen LogP contribution in [0.5, 0.6) is 0 Å². The van der Waals surface area contributed by atoms with Gasteiger partial charge in [-0.15, -0.1) is 5.10 Å². The van der Waals surface area contributed by atoms with Crippen molar-refractivity contribution in [2.75, 3.05) is 11.1 Å². The molecule has 0 aliphatic heterocycles. The zero-order chi connectivity index (χ0) is 20.1. The molecule has 0 spiro atoms. The Morgan fingerprint density at radius 2 is 1.86 bits per heavy atom. The van der Waals surface area contributed by atoms with E-state index in [4.69, 9.17) is 0 Å². The SMILES string of the molecule is CCCS(=O)(=O)c1ccccc1C(=O)Nc1ncn(Cc2ccc(Br)cc2)n1. The smallest absolute Gasteiger partial charge is 0.259 e. The number of carbonyl (C=O) groups is 1. The monoisotopic (exact) mass is 462 g/mol. The van der Waals surface area contributed by atoms with Crippen molar-refractivity contribution in [3.05, 3.63) is 70.5 Å². The lowest BCUT2D eigenvalue weighted by atomic mass is 10.2. The number of carbonyl (C=O) groups excluding carboxylic acids is 1. The summed E-state index contributed by atoms with van der Waals surface area (Å²) in [6.45, 7) is 2.28. The number of benzene rings is 2. The lowest BCUT2D eigenvalue weighted by Crippen LogP contribution is -2.18. The first-order valence-corrected chi connectivity index (χ1v) is 11.1. The molecular weight excluding hydrogens is 444 g/mol. The van der Waals surface area contributed by atoms with Gasteiger partial charge in [0.15, 0.2) is 9.84 Å². The van der Waals surface area contributed by atoms with Crippen LogP contribution in [0.1, 0.15) is 29.3 Å². The molecule has 0 radical (unpaired) electrons. The average molecular weight is 463 g/mol. The number of amides is 1. The predicted molar refractivity (Wildman–Crippen MR) is 110 cm³/mol. The average Bonchev–Trinajstić information content (AvgIpc) is 3.10. The van der Waals surface area contributed by atoms with Crippen molar-refractivity contribution in [1.82, 2.24) is 14.8 Å². The molecule has 1 amide bonds. The number of anilines is 1. The van der Waals surface area contributed by atoms with Gasteiger partial charge in [-0.1, -0.05) is 47.1 Å². The fourth-order valence-corrected chi connectivity index (χ4v) is 4.48. The number of rotatable bonds is 7. The zero-order valence-electron chi connectivity index (χ0n) is 15.2. The summed E-state index contributed by atoms with van der Waals surface area (Å²) in [5.41, 5.74) is 1.11. The summed E-state index contributed by atoms with van der Waals surface area (Å²) in [6, 6.07) is 13.9. The second kappa shape index (κ2) is 8.66. The van der Waals surface area contributed by atoms with Crippen molar-refractivity contribution >= 4 is 37.6 Å². The number of hydrogen-bond acceptors (Lipinski definition) is 5. The number of nitrogens with zero attached hydrogens (tertiary/aromatic N) is 3. The Bertz CT molecular complexity index is 1080. The second-order valence-corrected chi connectivity index (χ2v) is 9.15. The molecule has 0 atom stereocenters. The third-order valence-corrected chi connectivity index (χ3v) is 6.46. The summed E-state index contributed by atoms with van der Waals surface area (Å²) in [7, 11) is -3.53. The molecule has 0 aliphatic rings. The minimum atomic E-state index is -3.53. The molecule has 0 saturated heterocycles. The van der Waals surface area contributed by atoms with E-state index in [-0.39, 0.29) is 22.2 Å². The standard InChI is InChI=1S/C19H19BrN4O3S/c1-2-11-28(26,27)17-6-4-3-5-16(17)18(25)22-19-21-13-24(23-19)12-14-7-9-15(20)10-8-14/h3-10,13H,2,11-12H2,1H3,(H,22,23,25). The van der Waals surface area contributed by atoms with Gasteiger partial charge in [-0.05, 0) is 36.2 Å². The molecule has 28 heavy (non-hydrogen) atoms. The summed E-state index contributed by atoms with van der Waals surface area (Å²) in [5, 5.41) is 6.81. The summed E-state index contributed by atoms with van der Waals surface area (Å²) in [6.07, 6.45) is 1.98. The van der Waals surface area contributed by atoms with E-state index in [0.29, 0.717) is 13.0 Å². The van der Waals surface area contributed by atoms with Crippen LogP contribution in [-0.2, 0) is 16.4 Å². The highest BCUT2D eigenvalue weighted by Gasteiger charge is 2.22. The fraction of sp³-hybridized carbons (Fsp3) is 0.211. The van der Waals surface area contributed by atoms with Crippen molar-refractivity contribution in [3.8, 4) is 0 Å². The number of nitrogens with one attached hydrogen (secondary N) is 1. The third-order valence-electron chi connectivity index (χ3n) is 3.96. The molecule has 0 unspecified atom stereocenters. The molecule has 1 aromatic heterocycles. The lowest BCUT2D eigenvalue weighted by Gasteiger charge is -2.09. The number of aromatic nitrogens is 3. The van der Waals surface area contributed by atoms with E-state index in [1.807, 2.05) is 24.3 Å². The van der Waals surface area contributed by atoms with Crippen LogP contribution < -0.4 is 5.32 Å². The normalized spacial score (nSPS) is 11.4. The van der Waals surface area contributed by atoms with Gasteiger partial charge in [0.05, 0.1) is 22.8 Å². The molecule has 1 heterocycles. The Morgan fingerprint density at radius 3 is 2.57 bits per heavy atom. The van der Waals surface area contributed by atoms with E-state index < -0.39 is 15.7 Å². The summed E-state index contributed by atoms with van der Waals surface area (Å²) in [5.74, 6) is -0.460. The molecule has 3 aromatic rings. The molecule has 0 fully saturated rings. The lowest BCUT2D eigenvalue weighted by molar-refractivity contribution is 0.102. The van der Waals surface area contributed by atoms with Gasteiger partial charge in [0, 0.05) is 4.47 Å². The third kappa shape index (κ3) is 4.85. The first kappa shape index (κ1) is 20.2. The largest absolute Gasteiger partial charge is 0.289 e. The number of halogens is 1. The molecule has 0 bridgehead atoms. The van der Waals surface area contributed by atoms with Gasteiger partial charge in [0.2, 0.25) is 5.95 Å². The first-order valence-electron chi connectivity index (χ1n) is 8.66. The topological polar surface area (TPSA) is 94.0 Å². The highest BCUT2D eigenvalue weighted by molar-refractivity contribution is 9.10. The molecular formula is C19H19BrN4O3S. The Hall–Kier alpha value is -2.52. The molecule has 0 saturated carbocycles. The molecule has 3 rings (SSSR count). The minimum absolute atomic E-state index is 0.0165. The summed E-state index contributed by atoms with van der Waals surface area (Å²) >= 11 is 3.39. The van der Waals surface area contributed by atoms with Crippen LogP contribution in [0.25, 0.3) is 0 Å². The van der Waals surface area contributed by atoms with Crippen LogP contribution in [0, 0.1) is 0 Å². The molecule has 1 N–H and O–H groups in total. The van der Waals surface area contributed by atoms with Crippen LogP contribution in [0.3, 0.4) is 0 Å². The van der Waals surface area contributed by atoms with Crippen LogP contribution in [0.2, 0.25) is 0 Å². The summed E-state index contributed by atoms with van der Waals surface area (Å²) in [4.78, 5) is 16.7. The van der Waals surface area contributed by atoms with E-state index >= 15 is 0 Å². The Morgan fingerprint density at radius 1 is 1.14 bits per heavy atom. The maximum absolute atomic E-state index is 12.6. The van der Waals surface area contributed by atoms with Crippen molar-refractivity contribution in [3.63, 3.8) is 0 Å². The highest BCUT2D eigenvalue weighted by atomic mass is 79.9. The maximum atomic E-state index is 12.6. The fourth-order valence-electron chi connectivity index (χ4n) is 2.68. The van der Waals surface area contributed by atoms with Crippen LogP contribution in [0.15, 0.2) is 64.2 Å². The van der Waals surface area contributed by atoms with Gasteiger partial charge in [0.25, 0.3) is 5.91 Å². The van der Waals surface area contributed by atoms with Gasteiger partial charge >= 0.3 is 0 Å². The van der Waals surface area contributed by atoms with Gasteiger partial charge in [-0.2, -0.15) is 0 Å². The molecule has 0 aliphatic carbocycles. The molecule has 7 nitrogen and oxygen atoms in total. The van der Waals surface area contributed by atoms with Crippen molar-refractivity contribution in [2.45, 2.75) is 24.8 Å². The maximum Gasteiger partial charge on any atom is 0.259 e. The number of hydrogen-bond donors (Lipinski definition) is 1. The molecule has 146 valence electrons. The highest BCUT2D eigenvalue weighted by Crippen LogP contribution is 2.19.